The van der Waals surface area contributed by atoms with Gasteiger partial charge in [0.25, 0.3) is 0 Å². The van der Waals surface area contributed by atoms with Crippen molar-refractivity contribution >= 4 is 16.0 Å². The average Bonchev–Trinajstić information content (AvgIpc) is 3.21. The maximum absolute atomic E-state index is 13.5. The highest BCUT2D eigenvalue weighted by Gasteiger charge is 2.25. The summed E-state index contributed by atoms with van der Waals surface area (Å²) in [6.07, 6.45) is 3.24. The smallest absolute Gasteiger partial charge is 0.306 e. The molecule has 6 nitrogen and oxygen atoms in total. The zero-order valence-corrected chi connectivity index (χ0v) is 17.8. The molecule has 3 aromatic rings. The van der Waals surface area contributed by atoms with Crippen molar-refractivity contribution in [1.82, 2.24) is 4.90 Å². The first kappa shape index (κ1) is 21.6. The van der Waals surface area contributed by atoms with Gasteiger partial charge in [0.05, 0.1) is 25.0 Å². The van der Waals surface area contributed by atoms with Crippen LogP contribution in [-0.2, 0) is 28.0 Å². The predicted molar refractivity (Wildman–Crippen MR) is 114 cm³/mol. The minimum atomic E-state index is -3.63. The lowest BCUT2D eigenvalue weighted by Gasteiger charge is -2.27. The van der Waals surface area contributed by atoms with Crippen molar-refractivity contribution in [3.05, 3.63) is 89.9 Å². The summed E-state index contributed by atoms with van der Waals surface area (Å²) >= 11 is 0. The molecule has 1 atom stereocenters. The number of amides is 1. The van der Waals surface area contributed by atoms with Crippen LogP contribution in [-0.4, -0.2) is 25.5 Å². The summed E-state index contributed by atoms with van der Waals surface area (Å²) < 4.78 is 33.3. The highest BCUT2D eigenvalue weighted by molar-refractivity contribution is 7.86. The van der Waals surface area contributed by atoms with Gasteiger partial charge in [0, 0.05) is 6.54 Å². The Labute approximate surface area is 177 Å². The Morgan fingerprint density at radius 3 is 2.43 bits per heavy atom. The summed E-state index contributed by atoms with van der Waals surface area (Å²) in [5.74, 6) is 0.594. The number of carbonyl (C=O) groups is 1. The van der Waals surface area contributed by atoms with Gasteiger partial charge < -0.3 is 13.5 Å². The fourth-order valence-electron chi connectivity index (χ4n) is 3.35. The molecule has 30 heavy (non-hydrogen) atoms. The molecule has 7 heteroatoms. The van der Waals surface area contributed by atoms with E-state index in [9.17, 15) is 13.2 Å². The van der Waals surface area contributed by atoms with E-state index in [1.807, 2.05) is 49.4 Å². The molecule has 0 spiro atoms. The van der Waals surface area contributed by atoms with E-state index in [1.165, 1.54) is 0 Å². The van der Waals surface area contributed by atoms with Crippen LogP contribution in [0.2, 0.25) is 0 Å². The van der Waals surface area contributed by atoms with Crippen molar-refractivity contribution in [2.45, 2.75) is 32.4 Å². The molecule has 3 rings (SSSR count). The summed E-state index contributed by atoms with van der Waals surface area (Å²) in [7, 11) is -3.63. The molecular formula is C23H25NO5S. The predicted octanol–water partition coefficient (Wildman–Crippen LogP) is 4.34. The normalized spacial score (nSPS) is 12.3. The number of rotatable bonds is 9. The Kier molecular flexibility index (Phi) is 6.95. The minimum Gasteiger partial charge on any atom is -0.467 e. The Hall–Kier alpha value is -3.06. The number of hydrogen-bond donors (Lipinski definition) is 0. The number of carbonyl (C=O) groups excluding carboxylic acids is 1. The summed E-state index contributed by atoms with van der Waals surface area (Å²) in [6, 6.07) is 20.0. The molecule has 0 saturated carbocycles. The summed E-state index contributed by atoms with van der Waals surface area (Å²) in [4.78, 5) is 15.2. The van der Waals surface area contributed by atoms with Crippen LogP contribution < -0.4 is 4.18 Å². The van der Waals surface area contributed by atoms with E-state index < -0.39 is 10.1 Å². The van der Waals surface area contributed by atoms with Crippen molar-refractivity contribution < 1.29 is 21.8 Å². The maximum Gasteiger partial charge on any atom is 0.306 e. The van der Waals surface area contributed by atoms with E-state index in [2.05, 4.69) is 0 Å². The molecule has 158 valence electrons. The highest BCUT2D eigenvalue weighted by atomic mass is 32.2. The quantitative estimate of drug-likeness (QED) is 0.475. The molecule has 0 fully saturated rings. The van der Waals surface area contributed by atoms with Crippen molar-refractivity contribution in [2.24, 2.45) is 0 Å². The van der Waals surface area contributed by atoms with Gasteiger partial charge in [0.1, 0.15) is 11.5 Å². The molecule has 0 saturated heterocycles. The van der Waals surface area contributed by atoms with Gasteiger partial charge in [-0.1, -0.05) is 49.4 Å². The van der Waals surface area contributed by atoms with E-state index in [1.54, 1.807) is 35.4 Å². The van der Waals surface area contributed by atoms with Crippen LogP contribution >= 0.6 is 0 Å². The van der Waals surface area contributed by atoms with Gasteiger partial charge >= 0.3 is 10.1 Å². The molecule has 0 aliphatic carbocycles. The van der Waals surface area contributed by atoms with E-state index in [0.717, 1.165) is 17.4 Å². The third kappa shape index (κ3) is 5.97. The highest BCUT2D eigenvalue weighted by Crippen LogP contribution is 2.25. The van der Waals surface area contributed by atoms with Gasteiger partial charge in [-0.15, -0.1) is 0 Å². The maximum atomic E-state index is 13.5. The third-order valence-corrected chi connectivity index (χ3v) is 5.16. The zero-order valence-electron chi connectivity index (χ0n) is 17.0. The molecule has 0 aliphatic heterocycles. The van der Waals surface area contributed by atoms with Gasteiger partial charge in [0.15, 0.2) is 0 Å². The lowest BCUT2D eigenvalue weighted by Crippen LogP contribution is -2.34. The van der Waals surface area contributed by atoms with Crippen LogP contribution in [0.5, 0.6) is 5.75 Å². The Morgan fingerprint density at radius 2 is 1.80 bits per heavy atom. The first-order chi connectivity index (χ1) is 14.4. The largest absolute Gasteiger partial charge is 0.467 e. The number of hydrogen-bond acceptors (Lipinski definition) is 5. The van der Waals surface area contributed by atoms with Gasteiger partial charge in [-0.3, -0.25) is 4.79 Å². The van der Waals surface area contributed by atoms with Crippen LogP contribution in [0.15, 0.2) is 77.4 Å². The second-order valence-corrected chi connectivity index (χ2v) is 8.65. The fourth-order valence-corrected chi connectivity index (χ4v) is 3.81. The van der Waals surface area contributed by atoms with E-state index >= 15 is 0 Å². The van der Waals surface area contributed by atoms with Crippen LogP contribution in [0, 0.1) is 0 Å². The lowest BCUT2D eigenvalue weighted by molar-refractivity contribution is -0.134. The molecule has 0 N–H and O–H groups in total. The van der Waals surface area contributed by atoms with Gasteiger partial charge in [-0.25, -0.2) is 0 Å². The van der Waals surface area contributed by atoms with Crippen molar-refractivity contribution in [2.75, 3.05) is 6.26 Å². The number of furan rings is 1. The molecule has 1 unspecified atom stereocenters. The number of benzene rings is 2. The second kappa shape index (κ2) is 9.63. The Balaban J connectivity index is 1.87. The zero-order chi connectivity index (χ0) is 21.6. The SMILES string of the molecule is CCC(C(=O)N(Cc1cccc(OS(C)(=O)=O)c1)Cc1ccco1)c1ccccc1. The Bertz CT molecular complexity index is 1060. The third-order valence-electron chi connectivity index (χ3n) is 4.67. The molecular weight excluding hydrogens is 402 g/mol. The summed E-state index contributed by atoms with van der Waals surface area (Å²) in [5.41, 5.74) is 1.72. The molecule has 0 aliphatic rings. The standard InChI is InChI=1S/C23H25NO5S/c1-3-22(19-10-5-4-6-11-19)23(25)24(17-21-13-8-14-28-21)16-18-9-7-12-20(15-18)29-30(2,26)27/h4-15,22H,3,16-17H2,1-2H3. The molecule has 1 heterocycles. The summed E-state index contributed by atoms with van der Waals surface area (Å²) in [5, 5.41) is 0. The van der Waals surface area contributed by atoms with Crippen LogP contribution in [0.4, 0.5) is 0 Å². The molecule has 0 bridgehead atoms. The van der Waals surface area contributed by atoms with Gasteiger partial charge in [-0.05, 0) is 41.8 Å². The van der Waals surface area contributed by atoms with Gasteiger partial charge in [-0.2, -0.15) is 8.42 Å². The average molecular weight is 428 g/mol. The summed E-state index contributed by atoms with van der Waals surface area (Å²) in [6.45, 7) is 2.59. The van der Waals surface area contributed by atoms with Crippen LogP contribution in [0.3, 0.4) is 0 Å². The van der Waals surface area contributed by atoms with Gasteiger partial charge in [0.2, 0.25) is 5.91 Å². The molecule has 1 amide bonds. The monoisotopic (exact) mass is 427 g/mol. The van der Waals surface area contributed by atoms with Crippen LogP contribution in [0.1, 0.15) is 36.1 Å². The number of nitrogens with zero attached hydrogens (tertiary/aromatic N) is 1. The van der Waals surface area contributed by atoms with Crippen LogP contribution in [0.25, 0.3) is 0 Å². The lowest BCUT2D eigenvalue weighted by atomic mass is 9.94. The topological polar surface area (TPSA) is 76.8 Å². The fraction of sp³-hybridized carbons (Fsp3) is 0.261. The first-order valence-corrected chi connectivity index (χ1v) is 11.5. The van der Waals surface area contributed by atoms with Crippen molar-refractivity contribution in [3.63, 3.8) is 0 Å². The Morgan fingerprint density at radius 1 is 1.03 bits per heavy atom. The van der Waals surface area contributed by atoms with E-state index in [-0.39, 0.29) is 17.6 Å². The minimum absolute atomic E-state index is 0.0189. The van der Waals surface area contributed by atoms with E-state index in [4.69, 9.17) is 8.60 Å². The van der Waals surface area contributed by atoms with Crippen molar-refractivity contribution in [3.8, 4) is 5.75 Å². The van der Waals surface area contributed by atoms with E-state index in [0.29, 0.717) is 25.3 Å². The molecule has 1 aromatic heterocycles. The molecule has 2 aromatic carbocycles. The van der Waals surface area contributed by atoms with Crippen molar-refractivity contribution in [1.29, 1.82) is 0 Å². The molecule has 0 radical (unpaired) electrons. The second-order valence-electron chi connectivity index (χ2n) is 7.08. The first-order valence-electron chi connectivity index (χ1n) is 9.70.